The Hall–Kier alpha value is -2.89. The molecule has 2 atom stereocenters. The Morgan fingerprint density at radius 3 is 2.56 bits per heavy atom. The molecule has 0 spiro atoms. The van der Waals surface area contributed by atoms with Gasteiger partial charge in [0.1, 0.15) is 18.6 Å². The van der Waals surface area contributed by atoms with Gasteiger partial charge in [-0.25, -0.2) is 0 Å². The molecule has 0 saturated carbocycles. The van der Waals surface area contributed by atoms with Gasteiger partial charge in [-0.2, -0.15) is 0 Å². The van der Waals surface area contributed by atoms with Crippen molar-refractivity contribution in [1.29, 1.82) is 0 Å². The second kappa shape index (κ2) is 11.0. The highest BCUT2D eigenvalue weighted by Gasteiger charge is 2.35. The fourth-order valence-electron chi connectivity index (χ4n) is 2.78. The summed E-state index contributed by atoms with van der Waals surface area (Å²) in [6, 6.07) is -1.67. The number of nitrogens with zero attached hydrogens (tertiary/aromatic N) is 2. The van der Waals surface area contributed by atoms with Gasteiger partial charge in [0, 0.05) is 13.1 Å². The zero-order chi connectivity index (χ0) is 20.4. The lowest BCUT2D eigenvalue weighted by atomic mass is 10.1. The van der Waals surface area contributed by atoms with E-state index in [1.807, 2.05) is 0 Å². The smallest absolute Gasteiger partial charge is 0.322 e. The third-order valence-electron chi connectivity index (χ3n) is 4.04. The van der Waals surface area contributed by atoms with Crippen molar-refractivity contribution in [2.45, 2.75) is 37.8 Å². The van der Waals surface area contributed by atoms with Gasteiger partial charge in [0.15, 0.2) is 5.96 Å². The van der Waals surface area contributed by atoms with Crippen molar-refractivity contribution in [3.63, 3.8) is 0 Å². The first kappa shape index (κ1) is 22.2. The molecule has 3 amide bonds. The van der Waals surface area contributed by atoms with Gasteiger partial charge in [-0.1, -0.05) is 0 Å². The normalized spacial score (nSPS) is 17.1. The zero-order valence-electron chi connectivity index (χ0n) is 15.0. The van der Waals surface area contributed by atoms with E-state index in [-0.39, 0.29) is 31.4 Å². The number of hydrogen-bond donors (Lipinski definition) is 6. The number of guanidine groups is 1. The summed E-state index contributed by atoms with van der Waals surface area (Å²) in [5.41, 5.74) is 15.8. The van der Waals surface area contributed by atoms with E-state index in [4.69, 9.17) is 22.3 Å². The monoisotopic (exact) mass is 385 g/mol. The van der Waals surface area contributed by atoms with E-state index in [1.54, 1.807) is 0 Å². The summed E-state index contributed by atoms with van der Waals surface area (Å²) in [5.74, 6) is -2.75. The molecule has 9 N–H and O–H groups in total. The molecule has 0 aromatic rings. The summed E-state index contributed by atoms with van der Waals surface area (Å²) >= 11 is 0. The topological polar surface area (TPSA) is 206 Å². The van der Waals surface area contributed by atoms with Crippen LogP contribution in [-0.2, 0) is 19.2 Å². The minimum atomic E-state index is -1.20. The van der Waals surface area contributed by atoms with Crippen LogP contribution in [0.1, 0.15) is 25.7 Å². The molecule has 1 aliphatic rings. The van der Waals surface area contributed by atoms with Crippen LogP contribution < -0.4 is 27.8 Å². The van der Waals surface area contributed by atoms with Gasteiger partial charge < -0.3 is 37.8 Å². The van der Waals surface area contributed by atoms with E-state index in [2.05, 4.69) is 15.6 Å². The molecule has 0 aromatic heterocycles. The van der Waals surface area contributed by atoms with Crippen molar-refractivity contribution in [1.82, 2.24) is 15.5 Å². The molecule has 12 nitrogen and oxygen atoms in total. The Balaban J connectivity index is 2.74. The predicted molar refractivity (Wildman–Crippen MR) is 96.3 cm³/mol. The van der Waals surface area contributed by atoms with Crippen LogP contribution in [0.5, 0.6) is 0 Å². The van der Waals surface area contributed by atoms with E-state index in [0.29, 0.717) is 25.8 Å². The largest absolute Gasteiger partial charge is 0.480 e. The number of carbonyl (C=O) groups is 4. The van der Waals surface area contributed by atoms with Gasteiger partial charge in [0.2, 0.25) is 17.7 Å². The molecule has 2 unspecified atom stereocenters. The van der Waals surface area contributed by atoms with Gasteiger partial charge in [-0.15, -0.1) is 0 Å². The maximum absolute atomic E-state index is 12.6. The summed E-state index contributed by atoms with van der Waals surface area (Å²) in [7, 11) is 0. The van der Waals surface area contributed by atoms with Gasteiger partial charge >= 0.3 is 5.97 Å². The number of carboxylic acid groups (broad SMARTS) is 1. The number of nitrogens with one attached hydrogen (secondary N) is 2. The van der Waals surface area contributed by atoms with Gasteiger partial charge in [-0.05, 0) is 25.7 Å². The number of nitrogens with two attached hydrogens (primary N) is 3. The summed E-state index contributed by atoms with van der Waals surface area (Å²) < 4.78 is 0. The van der Waals surface area contributed by atoms with Crippen LogP contribution in [0, 0.1) is 0 Å². The molecule has 1 heterocycles. The Morgan fingerprint density at radius 2 is 1.96 bits per heavy atom. The first-order valence-corrected chi connectivity index (χ1v) is 8.61. The molecule has 0 aliphatic carbocycles. The summed E-state index contributed by atoms with van der Waals surface area (Å²) in [6.45, 7) is -0.0955. The second-order valence-electron chi connectivity index (χ2n) is 6.07. The van der Waals surface area contributed by atoms with Gasteiger partial charge in [0.25, 0.3) is 0 Å². The van der Waals surface area contributed by atoms with E-state index >= 15 is 0 Å². The predicted octanol–water partition coefficient (Wildman–Crippen LogP) is -3.32. The molecule has 1 saturated heterocycles. The SMILES string of the molecule is NCC(=O)N1CCCC1C(=O)NC(CCCN=C(N)N)C(=O)NCC(=O)O. The molecule has 1 fully saturated rings. The maximum Gasteiger partial charge on any atom is 0.322 e. The molecule has 152 valence electrons. The number of rotatable bonds is 10. The molecule has 0 bridgehead atoms. The lowest BCUT2D eigenvalue weighted by molar-refractivity contribution is -0.140. The second-order valence-corrected chi connectivity index (χ2v) is 6.07. The first-order chi connectivity index (χ1) is 12.8. The summed E-state index contributed by atoms with van der Waals surface area (Å²) in [5, 5.41) is 13.5. The number of aliphatic imine (C=N–C) groups is 1. The van der Waals surface area contributed by atoms with E-state index in [0.717, 1.165) is 0 Å². The number of aliphatic carboxylic acids is 1. The van der Waals surface area contributed by atoms with Crippen LogP contribution in [0.15, 0.2) is 4.99 Å². The third kappa shape index (κ3) is 7.48. The molecule has 0 radical (unpaired) electrons. The fourth-order valence-corrected chi connectivity index (χ4v) is 2.78. The third-order valence-corrected chi connectivity index (χ3v) is 4.04. The Morgan fingerprint density at radius 1 is 1.26 bits per heavy atom. The lowest BCUT2D eigenvalue weighted by Gasteiger charge is -2.26. The van der Waals surface area contributed by atoms with Crippen molar-refractivity contribution in [2.24, 2.45) is 22.2 Å². The van der Waals surface area contributed by atoms with E-state index < -0.39 is 36.4 Å². The van der Waals surface area contributed by atoms with Crippen LogP contribution in [0.25, 0.3) is 0 Å². The van der Waals surface area contributed by atoms with Crippen LogP contribution in [0.3, 0.4) is 0 Å². The number of likely N-dealkylation sites (tertiary alicyclic amines) is 1. The molecule has 1 rings (SSSR count). The zero-order valence-corrected chi connectivity index (χ0v) is 15.0. The highest BCUT2D eigenvalue weighted by Crippen LogP contribution is 2.17. The molecule has 12 heteroatoms. The molecular formula is C15H27N7O5. The lowest BCUT2D eigenvalue weighted by Crippen LogP contribution is -2.54. The molecular weight excluding hydrogens is 358 g/mol. The average Bonchev–Trinajstić information content (AvgIpc) is 3.11. The minimum absolute atomic E-state index is 0.0900. The van der Waals surface area contributed by atoms with E-state index in [1.165, 1.54) is 4.90 Å². The van der Waals surface area contributed by atoms with Crippen molar-refractivity contribution in [2.75, 3.05) is 26.2 Å². The molecule has 27 heavy (non-hydrogen) atoms. The molecule has 0 aromatic carbocycles. The number of carbonyl (C=O) groups excluding carboxylic acids is 3. The Kier molecular flexibility index (Phi) is 8.99. The highest BCUT2D eigenvalue weighted by atomic mass is 16.4. The number of hydrogen-bond acceptors (Lipinski definition) is 6. The van der Waals surface area contributed by atoms with Crippen molar-refractivity contribution >= 4 is 29.7 Å². The minimum Gasteiger partial charge on any atom is -0.480 e. The average molecular weight is 385 g/mol. The number of amides is 3. The first-order valence-electron chi connectivity index (χ1n) is 8.61. The summed E-state index contributed by atoms with van der Waals surface area (Å²) in [4.78, 5) is 52.5. The fraction of sp³-hybridized carbons (Fsp3) is 0.667. The standard InChI is InChI=1S/C15H27N7O5/c16-7-11(23)22-6-2-4-10(22)14(27)21-9(3-1-5-19-15(17)18)13(26)20-8-12(24)25/h9-10H,1-8,16H2,(H,20,26)(H,21,27)(H,24,25)(H4,17,18,19). The Bertz CT molecular complexity index is 591. The van der Waals surface area contributed by atoms with E-state index in [9.17, 15) is 19.2 Å². The van der Waals surface area contributed by atoms with Gasteiger partial charge in [0.05, 0.1) is 6.54 Å². The van der Waals surface area contributed by atoms with Crippen LogP contribution in [0.2, 0.25) is 0 Å². The Labute approximate surface area is 156 Å². The highest BCUT2D eigenvalue weighted by molar-refractivity contribution is 5.93. The summed E-state index contributed by atoms with van der Waals surface area (Å²) in [6.07, 6.45) is 1.71. The van der Waals surface area contributed by atoms with Crippen LogP contribution >= 0.6 is 0 Å². The van der Waals surface area contributed by atoms with Crippen molar-refractivity contribution in [3.05, 3.63) is 0 Å². The quantitative estimate of drug-likeness (QED) is 0.127. The number of carboxylic acids is 1. The van der Waals surface area contributed by atoms with Crippen LogP contribution in [-0.4, -0.2) is 77.9 Å². The maximum atomic E-state index is 12.6. The molecule has 1 aliphatic heterocycles. The van der Waals surface area contributed by atoms with Gasteiger partial charge in [-0.3, -0.25) is 24.2 Å². The van der Waals surface area contributed by atoms with Crippen molar-refractivity contribution < 1.29 is 24.3 Å². The van der Waals surface area contributed by atoms with Crippen molar-refractivity contribution in [3.8, 4) is 0 Å². The van der Waals surface area contributed by atoms with Crippen LogP contribution in [0.4, 0.5) is 0 Å².